The van der Waals surface area contributed by atoms with Crippen LogP contribution in [-0.4, -0.2) is 79.4 Å². The SMILES string of the molecule is C.C=CC(=O)OCC(F)(F)C(F)(F)C(F)(F)C(F)(F)C(F)(F)C(F)(F)COC(=O)C=C.C=CC(=O)OCOC(=O)C=C. The molecule has 0 atom stereocenters. The van der Waals surface area contributed by atoms with Crippen molar-refractivity contribution in [3.05, 3.63) is 50.6 Å². The van der Waals surface area contributed by atoms with Crippen molar-refractivity contribution in [3.63, 3.8) is 0 Å². The van der Waals surface area contributed by atoms with Gasteiger partial charge in [0.2, 0.25) is 6.79 Å². The lowest BCUT2D eigenvalue weighted by molar-refractivity contribution is -0.428. The first-order chi connectivity index (χ1) is 18.4. The van der Waals surface area contributed by atoms with Crippen LogP contribution in [0.5, 0.6) is 0 Å². The molecule has 8 nitrogen and oxygen atoms in total. The smallest absolute Gasteiger partial charge is 0.384 e. The molecule has 0 rings (SSSR count). The normalized spacial score (nSPS) is 12.2. The quantitative estimate of drug-likeness (QED) is 0.0781. The lowest BCUT2D eigenvalue weighted by Crippen LogP contribution is -2.71. The molecule has 0 bridgehead atoms. The fraction of sp³-hybridized carbons (Fsp3) is 0.455. The molecule has 0 amide bonds. The molecular weight excluding hydrogens is 620 g/mol. The van der Waals surface area contributed by atoms with E-state index in [2.05, 4.69) is 45.3 Å². The molecule has 0 saturated heterocycles. The first-order valence-electron chi connectivity index (χ1n) is 9.80. The summed E-state index contributed by atoms with van der Waals surface area (Å²) in [6.45, 7) is 5.06. The first kappa shape index (κ1) is 42.5. The van der Waals surface area contributed by atoms with Gasteiger partial charge in [0, 0.05) is 24.3 Å². The minimum atomic E-state index is -7.83. The summed E-state index contributed by atoms with van der Waals surface area (Å²) in [5.74, 6) is -48.5. The Bertz CT molecular complexity index is 931. The monoisotopic (exact) mass is 642 g/mol. The van der Waals surface area contributed by atoms with Gasteiger partial charge in [-0.05, 0) is 0 Å². The van der Waals surface area contributed by atoms with Crippen LogP contribution in [0.25, 0.3) is 0 Å². The molecule has 42 heavy (non-hydrogen) atoms. The molecule has 0 aliphatic heterocycles. The maximum atomic E-state index is 13.5. The Morgan fingerprint density at radius 1 is 0.452 bits per heavy atom. The largest absolute Gasteiger partial charge is 0.456 e. The third-order valence-corrected chi connectivity index (χ3v) is 3.96. The Morgan fingerprint density at radius 2 is 0.667 bits per heavy atom. The standard InChI is InChI=1S/C14H10F12O4.C7H8O4.CH4/c1-3-7(27)29-5-9(15,16)11(19,20)13(23,24)14(25,26)12(21,22)10(17,18)6-30-8(28)4-2;1-3-6(8)10-5-11-7(9)4-2;/h3-4H,1-2,5-6H2;3-4H,1-2,5H2;1H4. The van der Waals surface area contributed by atoms with Crippen LogP contribution in [-0.2, 0) is 38.1 Å². The van der Waals surface area contributed by atoms with E-state index in [9.17, 15) is 71.9 Å². The fourth-order valence-corrected chi connectivity index (χ4v) is 1.74. The van der Waals surface area contributed by atoms with Crippen molar-refractivity contribution in [1.29, 1.82) is 0 Å². The second-order valence-corrected chi connectivity index (χ2v) is 6.78. The van der Waals surface area contributed by atoms with Crippen molar-refractivity contribution >= 4 is 23.9 Å². The van der Waals surface area contributed by atoms with Gasteiger partial charge in [0.1, 0.15) is 0 Å². The van der Waals surface area contributed by atoms with Gasteiger partial charge in [0.05, 0.1) is 0 Å². The first-order valence-corrected chi connectivity index (χ1v) is 9.80. The molecule has 0 heterocycles. The summed E-state index contributed by atoms with van der Waals surface area (Å²) in [4.78, 5) is 41.8. The molecule has 0 N–H and O–H groups in total. The molecule has 0 aromatic rings. The number of esters is 4. The highest BCUT2D eigenvalue weighted by atomic mass is 19.4. The number of carbonyl (C=O) groups is 4. The molecule has 0 aliphatic carbocycles. The van der Waals surface area contributed by atoms with E-state index in [0.29, 0.717) is 0 Å². The number of hydrogen-bond donors (Lipinski definition) is 0. The van der Waals surface area contributed by atoms with E-state index in [0.717, 1.165) is 12.2 Å². The van der Waals surface area contributed by atoms with Crippen LogP contribution in [0.4, 0.5) is 52.7 Å². The summed E-state index contributed by atoms with van der Waals surface area (Å²) in [5, 5.41) is 0. The minimum Gasteiger partial charge on any atom is -0.456 e. The van der Waals surface area contributed by atoms with Crippen molar-refractivity contribution in [2.75, 3.05) is 20.0 Å². The van der Waals surface area contributed by atoms with Crippen molar-refractivity contribution in [3.8, 4) is 0 Å². The molecule has 0 radical (unpaired) electrons. The van der Waals surface area contributed by atoms with Crippen molar-refractivity contribution in [1.82, 2.24) is 0 Å². The Balaban J connectivity index is -0.00000107. The Kier molecular flexibility index (Phi) is 16.0. The maximum absolute atomic E-state index is 13.5. The molecule has 20 heteroatoms. The van der Waals surface area contributed by atoms with Crippen LogP contribution in [0.2, 0.25) is 0 Å². The molecule has 0 spiro atoms. The predicted molar refractivity (Wildman–Crippen MR) is 116 cm³/mol. The molecule has 0 aromatic heterocycles. The molecule has 0 aromatic carbocycles. The van der Waals surface area contributed by atoms with Gasteiger partial charge in [-0.2, -0.15) is 52.7 Å². The van der Waals surface area contributed by atoms with Crippen LogP contribution in [0.1, 0.15) is 7.43 Å². The molecule has 0 saturated carbocycles. The second-order valence-electron chi connectivity index (χ2n) is 6.78. The summed E-state index contributed by atoms with van der Waals surface area (Å²) < 4.78 is 176. The highest BCUT2D eigenvalue weighted by Crippen LogP contribution is 2.60. The van der Waals surface area contributed by atoms with E-state index in [1.807, 2.05) is 0 Å². The molecule has 0 aliphatic rings. The fourth-order valence-electron chi connectivity index (χ4n) is 1.74. The van der Waals surface area contributed by atoms with E-state index in [-0.39, 0.29) is 19.6 Å². The summed E-state index contributed by atoms with van der Waals surface area (Å²) in [5.41, 5.74) is 0. The number of ether oxygens (including phenoxy) is 4. The summed E-state index contributed by atoms with van der Waals surface area (Å²) in [6, 6.07) is 0. The average Bonchev–Trinajstić information content (AvgIpc) is 2.89. The second kappa shape index (κ2) is 15.9. The third-order valence-electron chi connectivity index (χ3n) is 3.96. The lowest BCUT2D eigenvalue weighted by Gasteiger charge is -2.40. The number of rotatable bonds is 15. The van der Waals surface area contributed by atoms with Gasteiger partial charge in [-0.25, -0.2) is 19.2 Å². The van der Waals surface area contributed by atoms with E-state index in [1.54, 1.807) is 0 Å². The zero-order valence-corrected chi connectivity index (χ0v) is 20.1. The van der Waals surface area contributed by atoms with Crippen LogP contribution in [0, 0.1) is 0 Å². The highest BCUT2D eigenvalue weighted by Gasteiger charge is 2.90. The van der Waals surface area contributed by atoms with Crippen LogP contribution >= 0.6 is 0 Å². The number of halogens is 12. The number of carbonyl (C=O) groups excluding carboxylic acids is 4. The van der Waals surface area contributed by atoms with Gasteiger partial charge < -0.3 is 18.9 Å². The third kappa shape index (κ3) is 9.82. The molecule has 242 valence electrons. The lowest BCUT2D eigenvalue weighted by atomic mass is 9.91. The van der Waals surface area contributed by atoms with Gasteiger partial charge >= 0.3 is 59.4 Å². The van der Waals surface area contributed by atoms with Crippen LogP contribution in [0.3, 0.4) is 0 Å². The Labute approximate surface area is 229 Å². The van der Waals surface area contributed by atoms with Gasteiger partial charge in [-0.3, -0.25) is 0 Å². The zero-order valence-electron chi connectivity index (χ0n) is 20.1. The topological polar surface area (TPSA) is 105 Å². The Hall–Kier alpha value is -4.00. The van der Waals surface area contributed by atoms with E-state index in [4.69, 9.17) is 0 Å². The predicted octanol–water partition coefficient (Wildman–Crippen LogP) is 5.30. The number of hydrogen-bond acceptors (Lipinski definition) is 8. The highest BCUT2D eigenvalue weighted by molar-refractivity contribution is 5.82. The molecule has 0 fully saturated rings. The van der Waals surface area contributed by atoms with Gasteiger partial charge in [-0.15, -0.1) is 0 Å². The zero-order chi connectivity index (χ0) is 33.1. The van der Waals surface area contributed by atoms with Gasteiger partial charge in [0.15, 0.2) is 13.2 Å². The summed E-state index contributed by atoms with van der Waals surface area (Å²) >= 11 is 0. The van der Waals surface area contributed by atoms with Crippen molar-refractivity contribution < 1.29 is 90.8 Å². The van der Waals surface area contributed by atoms with Crippen molar-refractivity contribution in [2.45, 2.75) is 43.0 Å². The van der Waals surface area contributed by atoms with E-state index < -0.39 is 79.4 Å². The molecular formula is C22H22F12O8. The van der Waals surface area contributed by atoms with Crippen LogP contribution < -0.4 is 0 Å². The summed E-state index contributed by atoms with van der Waals surface area (Å²) in [7, 11) is 0. The minimum absolute atomic E-state index is 0. The van der Waals surface area contributed by atoms with Crippen molar-refractivity contribution in [2.24, 2.45) is 0 Å². The summed E-state index contributed by atoms with van der Waals surface area (Å²) in [6.07, 6.45) is 2.09. The van der Waals surface area contributed by atoms with E-state index >= 15 is 0 Å². The average molecular weight is 642 g/mol. The maximum Gasteiger partial charge on any atom is 0.384 e. The van der Waals surface area contributed by atoms with Gasteiger partial charge in [0.25, 0.3) is 0 Å². The number of alkyl halides is 12. The molecule has 0 unspecified atom stereocenters. The van der Waals surface area contributed by atoms with Gasteiger partial charge in [-0.1, -0.05) is 33.7 Å². The Morgan fingerprint density at radius 3 is 0.881 bits per heavy atom. The van der Waals surface area contributed by atoms with E-state index in [1.165, 1.54) is 0 Å². The van der Waals surface area contributed by atoms with Crippen LogP contribution in [0.15, 0.2) is 50.6 Å².